The Morgan fingerprint density at radius 3 is 2.44 bits per heavy atom. The van der Waals surface area contributed by atoms with Gasteiger partial charge in [0.05, 0.1) is 5.41 Å². The molecular formula is C15H26N2O. The van der Waals surface area contributed by atoms with Gasteiger partial charge in [-0.05, 0) is 25.7 Å². The van der Waals surface area contributed by atoms with Crippen molar-refractivity contribution in [2.24, 2.45) is 11.1 Å². The Balaban J connectivity index is 2.38. The molecule has 0 aromatic heterocycles. The van der Waals surface area contributed by atoms with Gasteiger partial charge in [0.25, 0.3) is 0 Å². The lowest BCUT2D eigenvalue weighted by molar-refractivity contribution is -0.131. The fourth-order valence-corrected chi connectivity index (χ4v) is 2.67. The first-order valence-electron chi connectivity index (χ1n) is 7.17. The third kappa shape index (κ3) is 4.34. The van der Waals surface area contributed by atoms with Gasteiger partial charge in [0.1, 0.15) is 0 Å². The van der Waals surface area contributed by atoms with E-state index in [-0.39, 0.29) is 11.3 Å². The minimum atomic E-state index is -0.303. The van der Waals surface area contributed by atoms with E-state index in [1.165, 1.54) is 12.8 Å². The van der Waals surface area contributed by atoms with Gasteiger partial charge in [0, 0.05) is 19.5 Å². The third-order valence-electron chi connectivity index (χ3n) is 3.97. The zero-order valence-electron chi connectivity index (χ0n) is 11.3. The van der Waals surface area contributed by atoms with E-state index >= 15 is 0 Å². The molecule has 18 heavy (non-hydrogen) atoms. The van der Waals surface area contributed by atoms with Crippen molar-refractivity contribution in [2.75, 3.05) is 13.1 Å². The van der Waals surface area contributed by atoms with Crippen molar-refractivity contribution in [1.29, 1.82) is 0 Å². The highest BCUT2D eigenvalue weighted by atomic mass is 16.2. The highest BCUT2D eigenvalue weighted by Gasteiger charge is 2.36. The lowest BCUT2D eigenvalue weighted by atomic mass is 9.79. The van der Waals surface area contributed by atoms with Crippen LogP contribution < -0.4 is 11.1 Å². The molecule has 1 amide bonds. The van der Waals surface area contributed by atoms with Crippen LogP contribution in [0, 0.1) is 17.8 Å². The van der Waals surface area contributed by atoms with E-state index in [1.54, 1.807) is 0 Å². The van der Waals surface area contributed by atoms with Gasteiger partial charge in [-0.3, -0.25) is 4.79 Å². The number of rotatable bonds is 6. The van der Waals surface area contributed by atoms with Crippen LogP contribution in [0.3, 0.4) is 0 Å². The molecule has 1 fully saturated rings. The molecule has 3 nitrogen and oxygen atoms in total. The number of nitrogens with one attached hydrogen (secondary N) is 1. The number of unbranched alkanes of at least 4 members (excludes halogenated alkanes) is 2. The summed E-state index contributed by atoms with van der Waals surface area (Å²) in [4.78, 5) is 12.3. The Labute approximate surface area is 111 Å². The molecule has 3 N–H and O–H groups in total. The van der Waals surface area contributed by atoms with Crippen LogP contribution in [0.25, 0.3) is 0 Å². The Morgan fingerprint density at radius 1 is 1.22 bits per heavy atom. The molecular weight excluding hydrogens is 224 g/mol. The number of hydrogen-bond donors (Lipinski definition) is 2. The second kappa shape index (κ2) is 8.16. The van der Waals surface area contributed by atoms with Gasteiger partial charge in [-0.25, -0.2) is 0 Å². The molecule has 0 saturated heterocycles. The molecule has 1 aliphatic carbocycles. The normalized spacial score (nSPS) is 18.7. The van der Waals surface area contributed by atoms with Crippen molar-refractivity contribution < 1.29 is 4.79 Å². The molecule has 1 saturated carbocycles. The van der Waals surface area contributed by atoms with E-state index in [9.17, 15) is 4.79 Å². The monoisotopic (exact) mass is 250 g/mol. The first-order chi connectivity index (χ1) is 8.75. The van der Waals surface area contributed by atoms with Crippen LogP contribution in [-0.4, -0.2) is 19.0 Å². The number of carbonyl (C=O) groups is 1. The molecule has 0 aromatic carbocycles. The number of carbonyl (C=O) groups excluding carboxylic acids is 1. The highest BCUT2D eigenvalue weighted by Crippen LogP contribution is 2.34. The average Bonchev–Trinajstić information content (AvgIpc) is 2.64. The zero-order chi connectivity index (χ0) is 13.3. The lowest BCUT2D eigenvalue weighted by Gasteiger charge is -2.29. The third-order valence-corrected chi connectivity index (χ3v) is 3.97. The highest BCUT2D eigenvalue weighted by molar-refractivity contribution is 5.82. The second-order valence-electron chi connectivity index (χ2n) is 5.32. The average molecular weight is 250 g/mol. The van der Waals surface area contributed by atoms with Gasteiger partial charge >= 0.3 is 0 Å². The SMILES string of the molecule is C#CCCCCNC(=O)C1(CN)CCCCCC1. The van der Waals surface area contributed by atoms with Gasteiger partial charge < -0.3 is 11.1 Å². The van der Waals surface area contributed by atoms with Crippen molar-refractivity contribution in [3.63, 3.8) is 0 Å². The van der Waals surface area contributed by atoms with Gasteiger partial charge in [-0.15, -0.1) is 12.3 Å². The predicted molar refractivity (Wildman–Crippen MR) is 74.9 cm³/mol. The van der Waals surface area contributed by atoms with Crippen molar-refractivity contribution in [2.45, 2.75) is 57.8 Å². The Bertz CT molecular complexity index is 285. The van der Waals surface area contributed by atoms with Crippen LogP contribution in [0.4, 0.5) is 0 Å². The van der Waals surface area contributed by atoms with E-state index < -0.39 is 0 Å². The predicted octanol–water partition coefficient (Wildman–Crippen LogP) is 2.21. The maximum absolute atomic E-state index is 12.3. The lowest BCUT2D eigenvalue weighted by Crippen LogP contribution is -2.46. The van der Waals surface area contributed by atoms with Gasteiger partial charge in [0.15, 0.2) is 0 Å². The molecule has 0 radical (unpaired) electrons. The summed E-state index contributed by atoms with van der Waals surface area (Å²) >= 11 is 0. The molecule has 0 unspecified atom stereocenters. The Hall–Kier alpha value is -1.01. The van der Waals surface area contributed by atoms with Crippen LogP contribution in [0.1, 0.15) is 57.8 Å². The van der Waals surface area contributed by atoms with Crippen LogP contribution in [-0.2, 0) is 4.79 Å². The standard InChI is InChI=1S/C15H26N2O/c1-2-3-4-9-12-17-14(18)15(13-16)10-7-5-6-8-11-15/h1H,3-13,16H2,(H,17,18). The van der Waals surface area contributed by atoms with Crippen molar-refractivity contribution in [1.82, 2.24) is 5.32 Å². The molecule has 102 valence electrons. The molecule has 3 heteroatoms. The molecule has 0 aromatic rings. The van der Waals surface area contributed by atoms with Gasteiger partial charge in [0.2, 0.25) is 5.91 Å². The molecule has 0 bridgehead atoms. The fraction of sp³-hybridized carbons (Fsp3) is 0.800. The van der Waals surface area contributed by atoms with E-state index in [4.69, 9.17) is 12.2 Å². The zero-order valence-corrected chi connectivity index (χ0v) is 11.3. The van der Waals surface area contributed by atoms with Crippen molar-refractivity contribution >= 4 is 5.91 Å². The van der Waals surface area contributed by atoms with Crippen molar-refractivity contribution in [3.8, 4) is 12.3 Å². The van der Waals surface area contributed by atoms with E-state index in [0.29, 0.717) is 6.54 Å². The summed E-state index contributed by atoms with van der Waals surface area (Å²) in [5.74, 6) is 2.77. The summed E-state index contributed by atoms with van der Waals surface area (Å²) < 4.78 is 0. The van der Waals surface area contributed by atoms with E-state index in [2.05, 4.69) is 11.2 Å². The molecule has 0 spiro atoms. The quantitative estimate of drug-likeness (QED) is 0.431. The summed E-state index contributed by atoms with van der Waals surface area (Å²) in [6.45, 7) is 1.20. The number of hydrogen-bond acceptors (Lipinski definition) is 2. The van der Waals surface area contributed by atoms with Crippen molar-refractivity contribution in [3.05, 3.63) is 0 Å². The number of amides is 1. The summed E-state index contributed by atoms with van der Waals surface area (Å²) in [7, 11) is 0. The first-order valence-corrected chi connectivity index (χ1v) is 7.17. The Kier molecular flexibility index (Phi) is 6.82. The topological polar surface area (TPSA) is 55.1 Å². The van der Waals surface area contributed by atoms with E-state index in [1.807, 2.05) is 0 Å². The summed E-state index contributed by atoms with van der Waals surface area (Å²) in [5, 5.41) is 3.04. The number of terminal acetylenes is 1. The maximum Gasteiger partial charge on any atom is 0.227 e. The maximum atomic E-state index is 12.3. The molecule has 0 atom stereocenters. The number of nitrogens with two attached hydrogens (primary N) is 1. The minimum Gasteiger partial charge on any atom is -0.356 e. The molecule has 1 rings (SSSR count). The first kappa shape index (κ1) is 15.0. The fourth-order valence-electron chi connectivity index (χ4n) is 2.67. The van der Waals surface area contributed by atoms with Crippen LogP contribution in [0.15, 0.2) is 0 Å². The van der Waals surface area contributed by atoms with Crippen LogP contribution in [0.2, 0.25) is 0 Å². The van der Waals surface area contributed by atoms with Gasteiger partial charge in [-0.2, -0.15) is 0 Å². The second-order valence-corrected chi connectivity index (χ2v) is 5.32. The summed E-state index contributed by atoms with van der Waals surface area (Å²) in [5.41, 5.74) is 5.57. The summed E-state index contributed by atoms with van der Waals surface area (Å²) in [6, 6.07) is 0. The van der Waals surface area contributed by atoms with Gasteiger partial charge in [-0.1, -0.05) is 25.7 Å². The largest absolute Gasteiger partial charge is 0.356 e. The molecule has 0 aliphatic heterocycles. The van der Waals surface area contributed by atoms with Crippen LogP contribution >= 0.6 is 0 Å². The smallest absolute Gasteiger partial charge is 0.227 e. The Morgan fingerprint density at radius 2 is 1.89 bits per heavy atom. The molecule has 0 heterocycles. The van der Waals surface area contributed by atoms with Crippen LogP contribution in [0.5, 0.6) is 0 Å². The molecule has 1 aliphatic rings. The van der Waals surface area contributed by atoms with E-state index in [0.717, 1.165) is 51.5 Å². The minimum absolute atomic E-state index is 0.160. The summed E-state index contributed by atoms with van der Waals surface area (Å²) in [6.07, 6.45) is 14.5.